The molecule has 106 valence electrons. The van der Waals surface area contributed by atoms with Crippen molar-refractivity contribution >= 4 is 28.4 Å². The highest BCUT2D eigenvalue weighted by Gasteiger charge is 2.24. The summed E-state index contributed by atoms with van der Waals surface area (Å²) in [6.45, 7) is 2.46. The lowest BCUT2D eigenvalue weighted by atomic mass is 10.1. The van der Waals surface area contributed by atoms with Crippen molar-refractivity contribution < 1.29 is 19.3 Å². The molecule has 0 bridgehead atoms. The fourth-order valence-electron chi connectivity index (χ4n) is 2.23. The van der Waals surface area contributed by atoms with Gasteiger partial charge in [0, 0.05) is 24.1 Å². The summed E-state index contributed by atoms with van der Waals surface area (Å²) in [6, 6.07) is 4.84. The molecule has 0 fully saturated rings. The van der Waals surface area contributed by atoms with E-state index in [4.69, 9.17) is 10.5 Å². The number of nitrogens with zero attached hydrogens (tertiary/aromatic N) is 2. The number of ether oxygens (including phenoxy) is 1. The molecule has 1 aromatic heterocycles. The van der Waals surface area contributed by atoms with E-state index in [-0.39, 0.29) is 0 Å². The van der Waals surface area contributed by atoms with Crippen LogP contribution in [-0.4, -0.2) is 29.7 Å². The molecule has 0 spiro atoms. The van der Waals surface area contributed by atoms with E-state index in [0.29, 0.717) is 39.4 Å². The molecule has 2 aromatic rings. The summed E-state index contributed by atoms with van der Waals surface area (Å²) in [6.07, 6.45) is 0. The Hall–Kier alpha value is -2.57. The van der Waals surface area contributed by atoms with E-state index in [1.54, 1.807) is 22.8 Å². The molecule has 0 atom stereocenters. The third kappa shape index (κ3) is 1.97. The van der Waals surface area contributed by atoms with Gasteiger partial charge in [-0.1, -0.05) is 0 Å². The molecule has 0 unspecified atom stereocenters. The van der Waals surface area contributed by atoms with Crippen molar-refractivity contribution in [1.29, 1.82) is 0 Å². The second-order valence-corrected chi connectivity index (χ2v) is 4.14. The third-order valence-electron chi connectivity index (χ3n) is 3.17. The normalized spacial score (nSPS) is 10.6. The monoisotopic (exact) mass is 278 g/mol. The largest absolute Gasteiger partial charge is 0.465 e. The van der Waals surface area contributed by atoms with Crippen LogP contribution in [0.25, 0.3) is 10.9 Å². The van der Waals surface area contributed by atoms with Crippen LogP contribution in [0.2, 0.25) is 0 Å². The summed E-state index contributed by atoms with van der Waals surface area (Å²) in [5.41, 5.74) is 7.32. The van der Waals surface area contributed by atoms with Crippen LogP contribution in [0.5, 0.6) is 0 Å². The molecule has 0 saturated heterocycles. The maximum Gasteiger partial charge on any atom is 0.342 e. The van der Waals surface area contributed by atoms with Gasteiger partial charge in [-0.25, -0.2) is 9.63 Å². The van der Waals surface area contributed by atoms with Crippen LogP contribution in [0.3, 0.4) is 0 Å². The Balaban J connectivity index is 2.76. The van der Waals surface area contributed by atoms with Gasteiger partial charge in [0.15, 0.2) is 7.11 Å². The molecule has 1 aromatic carbocycles. The number of aromatic nitrogens is 1. The topological polar surface area (TPSA) is 86.6 Å². The van der Waals surface area contributed by atoms with E-state index in [9.17, 15) is 9.70 Å². The average molecular weight is 278 g/mol. The molecule has 2 N–H and O–H groups in total. The summed E-state index contributed by atoms with van der Waals surface area (Å²) in [4.78, 5) is 28.3. The summed E-state index contributed by atoms with van der Waals surface area (Å²) in [5, 5.41) is 0.643. The Morgan fingerprint density at radius 2 is 2.10 bits per heavy atom. The standard InChI is InChI=1S/C13H15N3O4/c1-4-15-10-7-8(16(18)20-3)5-6-9(10)11(12(15)14)13(17)19-2/h5-7H,4H2,1-3H3,(H-,14,17,18)/p+1. The lowest BCUT2D eigenvalue weighted by molar-refractivity contribution is -0.736. The van der Waals surface area contributed by atoms with Gasteiger partial charge in [0.2, 0.25) is 0 Å². The number of fused-ring (bicyclic) bond motifs is 1. The van der Waals surface area contributed by atoms with E-state index in [0.717, 1.165) is 0 Å². The van der Waals surface area contributed by atoms with E-state index in [1.807, 2.05) is 6.92 Å². The summed E-state index contributed by atoms with van der Waals surface area (Å²) in [5.74, 6) is -0.181. The summed E-state index contributed by atoms with van der Waals surface area (Å²) in [7, 11) is 2.58. The van der Waals surface area contributed by atoms with Crippen LogP contribution >= 0.6 is 0 Å². The molecule has 0 aliphatic carbocycles. The minimum atomic E-state index is -0.502. The van der Waals surface area contributed by atoms with Gasteiger partial charge in [0.05, 0.1) is 17.5 Å². The van der Waals surface area contributed by atoms with Crippen LogP contribution in [0.4, 0.5) is 11.5 Å². The van der Waals surface area contributed by atoms with Crippen molar-refractivity contribution in [1.82, 2.24) is 4.57 Å². The lowest BCUT2D eigenvalue weighted by Crippen LogP contribution is -2.07. The maximum atomic E-state index is 11.8. The number of anilines is 1. The van der Waals surface area contributed by atoms with E-state index in [1.165, 1.54) is 14.2 Å². The Labute approximate surface area is 115 Å². The summed E-state index contributed by atoms with van der Waals surface area (Å²) < 4.78 is 6.50. The fraction of sp³-hybridized carbons (Fsp3) is 0.308. The van der Waals surface area contributed by atoms with E-state index < -0.39 is 5.97 Å². The molecule has 0 aliphatic rings. The highest BCUT2D eigenvalue weighted by atomic mass is 16.8. The maximum absolute atomic E-state index is 11.8. The number of hydrogen-bond donors (Lipinski definition) is 1. The van der Waals surface area contributed by atoms with Gasteiger partial charge in [-0.15, -0.1) is 0 Å². The highest BCUT2D eigenvalue weighted by Crippen LogP contribution is 2.31. The van der Waals surface area contributed by atoms with Crippen LogP contribution in [0, 0.1) is 4.91 Å². The van der Waals surface area contributed by atoms with Gasteiger partial charge in [-0.2, -0.15) is 0 Å². The lowest BCUT2D eigenvalue weighted by Gasteiger charge is -2.03. The smallest absolute Gasteiger partial charge is 0.342 e. The first-order chi connectivity index (χ1) is 9.54. The molecular weight excluding hydrogens is 262 g/mol. The Morgan fingerprint density at radius 1 is 1.40 bits per heavy atom. The fourth-order valence-corrected chi connectivity index (χ4v) is 2.23. The molecule has 20 heavy (non-hydrogen) atoms. The van der Waals surface area contributed by atoms with Crippen molar-refractivity contribution in [2.45, 2.75) is 13.5 Å². The first-order valence-corrected chi connectivity index (χ1v) is 6.06. The number of carbonyl (C=O) groups is 1. The highest BCUT2D eigenvalue weighted by molar-refractivity contribution is 6.09. The van der Waals surface area contributed by atoms with Gasteiger partial charge in [-0.05, 0) is 13.0 Å². The minimum Gasteiger partial charge on any atom is -0.465 e. The zero-order valence-corrected chi connectivity index (χ0v) is 11.5. The number of carbonyl (C=O) groups excluding carboxylic acids is 1. The first-order valence-electron chi connectivity index (χ1n) is 6.06. The SMILES string of the molecule is CCn1c(N)c(C(=O)OC)c2ccc([N+](=O)OC)cc21. The van der Waals surface area contributed by atoms with Crippen molar-refractivity contribution in [3.05, 3.63) is 28.7 Å². The molecule has 2 rings (SSSR count). The molecule has 0 aliphatic heterocycles. The van der Waals surface area contributed by atoms with Crippen molar-refractivity contribution in [3.63, 3.8) is 0 Å². The van der Waals surface area contributed by atoms with Crippen molar-refractivity contribution in [3.8, 4) is 0 Å². The van der Waals surface area contributed by atoms with Crippen LogP contribution in [0.15, 0.2) is 18.2 Å². The number of nitrogens with two attached hydrogens (primary N) is 1. The number of rotatable bonds is 4. The van der Waals surface area contributed by atoms with E-state index in [2.05, 4.69) is 4.84 Å². The number of esters is 1. The molecule has 7 heteroatoms. The van der Waals surface area contributed by atoms with Crippen LogP contribution < -0.4 is 5.73 Å². The minimum absolute atomic E-state index is 0.311. The van der Waals surface area contributed by atoms with Crippen molar-refractivity contribution in [2.75, 3.05) is 20.0 Å². The number of aryl methyl sites for hydroxylation is 1. The molecule has 1 heterocycles. The van der Waals surface area contributed by atoms with Gasteiger partial charge < -0.3 is 15.0 Å². The molecule has 0 amide bonds. The molecule has 0 saturated carbocycles. The molecule has 0 radical (unpaired) electrons. The third-order valence-corrected chi connectivity index (χ3v) is 3.17. The zero-order valence-electron chi connectivity index (χ0n) is 11.5. The predicted octanol–water partition coefficient (Wildman–Crippen LogP) is 2.00. The Morgan fingerprint density at radius 3 is 2.65 bits per heavy atom. The molecular formula is C13H16N3O4+. The van der Waals surface area contributed by atoms with Crippen molar-refractivity contribution in [2.24, 2.45) is 0 Å². The van der Waals surface area contributed by atoms with Gasteiger partial charge in [0.1, 0.15) is 11.4 Å². The van der Waals surface area contributed by atoms with Crippen LogP contribution in [-0.2, 0) is 16.1 Å². The van der Waals surface area contributed by atoms with Gasteiger partial charge >= 0.3 is 11.7 Å². The molecule has 7 nitrogen and oxygen atoms in total. The predicted molar refractivity (Wildman–Crippen MR) is 73.7 cm³/mol. The van der Waals surface area contributed by atoms with Gasteiger partial charge in [-0.3, -0.25) is 0 Å². The van der Waals surface area contributed by atoms with E-state index >= 15 is 0 Å². The van der Waals surface area contributed by atoms with Gasteiger partial charge in [0.25, 0.3) is 4.92 Å². The number of benzene rings is 1. The summed E-state index contributed by atoms with van der Waals surface area (Å²) >= 11 is 0. The second kappa shape index (κ2) is 5.20. The Bertz CT molecular complexity index is 690. The number of methoxy groups -OCH3 is 1. The number of nitrogen functional groups attached to an aromatic ring is 1. The second-order valence-electron chi connectivity index (χ2n) is 4.14. The quantitative estimate of drug-likeness (QED) is 0.682. The Kier molecular flexibility index (Phi) is 3.60. The van der Waals surface area contributed by atoms with Crippen LogP contribution in [0.1, 0.15) is 17.3 Å². The average Bonchev–Trinajstić information content (AvgIpc) is 2.76. The zero-order chi connectivity index (χ0) is 14.9. The first kappa shape index (κ1) is 13.9. The number of hydrogen-bond acceptors (Lipinski definition) is 5.